The van der Waals surface area contributed by atoms with Gasteiger partial charge in [-0.15, -0.1) is 0 Å². The summed E-state index contributed by atoms with van der Waals surface area (Å²) in [7, 11) is 0. The van der Waals surface area contributed by atoms with Crippen molar-refractivity contribution in [2.24, 2.45) is 16.7 Å². The highest BCUT2D eigenvalue weighted by Gasteiger charge is 2.59. The monoisotopic (exact) mass is 318 g/mol. The van der Waals surface area contributed by atoms with Gasteiger partial charge in [-0.2, -0.15) is 0 Å². The van der Waals surface area contributed by atoms with Gasteiger partial charge in [0.1, 0.15) is 0 Å². The minimum atomic E-state index is -1.17. The summed E-state index contributed by atoms with van der Waals surface area (Å²) >= 11 is 0. The Kier molecular flexibility index (Phi) is 4.45. The van der Waals surface area contributed by atoms with Gasteiger partial charge < -0.3 is 5.11 Å². The van der Waals surface area contributed by atoms with Crippen LogP contribution in [0, 0.1) is 16.7 Å². The smallest absolute Gasteiger partial charge is 0.310 e. The van der Waals surface area contributed by atoms with Crippen LogP contribution in [0.1, 0.15) is 44.0 Å². The van der Waals surface area contributed by atoms with Gasteiger partial charge in [0.15, 0.2) is 0 Å². The van der Waals surface area contributed by atoms with Gasteiger partial charge >= 0.3 is 5.97 Å². The summed E-state index contributed by atoms with van der Waals surface area (Å²) in [5.41, 5.74) is 3.47. The van der Waals surface area contributed by atoms with Gasteiger partial charge in [0.25, 0.3) is 5.91 Å². The Balaban J connectivity index is 2.06. The van der Waals surface area contributed by atoms with Gasteiger partial charge in [-0.05, 0) is 37.3 Å². The molecule has 1 aromatic carbocycles. The minimum absolute atomic E-state index is 0.417. The van der Waals surface area contributed by atoms with Gasteiger partial charge in [0.05, 0.1) is 11.3 Å². The van der Waals surface area contributed by atoms with Gasteiger partial charge in [0.2, 0.25) is 5.91 Å². The lowest BCUT2D eigenvalue weighted by molar-refractivity contribution is -0.160. The van der Waals surface area contributed by atoms with E-state index < -0.39 is 34.5 Å². The second-order valence-electron chi connectivity index (χ2n) is 6.79. The molecule has 1 fully saturated rings. The summed E-state index contributed by atoms with van der Waals surface area (Å²) in [6, 6.07) is 8.48. The molecular weight excluding hydrogens is 296 g/mol. The Morgan fingerprint density at radius 3 is 2.26 bits per heavy atom. The van der Waals surface area contributed by atoms with E-state index in [1.807, 2.05) is 13.8 Å². The summed E-state index contributed by atoms with van der Waals surface area (Å²) in [5.74, 6) is -2.58. The van der Waals surface area contributed by atoms with E-state index in [-0.39, 0.29) is 0 Å². The zero-order valence-corrected chi connectivity index (χ0v) is 13.6. The predicted molar refractivity (Wildman–Crippen MR) is 84.3 cm³/mol. The summed E-state index contributed by atoms with van der Waals surface area (Å²) in [4.78, 5) is 36.1. The highest BCUT2D eigenvalue weighted by molar-refractivity contribution is 5.96. The topological polar surface area (TPSA) is 95.5 Å². The Bertz CT molecular complexity index is 627. The van der Waals surface area contributed by atoms with Crippen molar-refractivity contribution in [2.45, 2.75) is 33.6 Å². The maximum atomic E-state index is 12.4. The molecule has 3 N–H and O–H groups in total. The minimum Gasteiger partial charge on any atom is -0.481 e. The quantitative estimate of drug-likeness (QED) is 0.743. The number of benzene rings is 1. The summed E-state index contributed by atoms with van der Waals surface area (Å²) in [6.07, 6.45) is 1.11. The molecule has 2 amide bonds. The largest absolute Gasteiger partial charge is 0.481 e. The molecule has 0 radical (unpaired) electrons. The van der Waals surface area contributed by atoms with E-state index in [4.69, 9.17) is 0 Å². The van der Waals surface area contributed by atoms with Crippen LogP contribution in [-0.4, -0.2) is 22.9 Å². The Morgan fingerprint density at radius 2 is 1.70 bits per heavy atom. The molecule has 6 heteroatoms. The number of hydrogen-bond donors (Lipinski definition) is 3. The number of carboxylic acids is 1. The van der Waals surface area contributed by atoms with E-state index in [1.165, 1.54) is 0 Å². The Morgan fingerprint density at radius 1 is 1.09 bits per heavy atom. The van der Waals surface area contributed by atoms with Crippen molar-refractivity contribution in [1.82, 2.24) is 10.9 Å². The van der Waals surface area contributed by atoms with E-state index in [1.54, 1.807) is 37.3 Å². The van der Waals surface area contributed by atoms with Gasteiger partial charge in [-0.3, -0.25) is 25.2 Å². The first-order chi connectivity index (χ1) is 10.7. The molecule has 1 aromatic rings. The lowest BCUT2D eigenvalue weighted by atomic mass is 9.65. The van der Waals surface area contributed by atoms with Gasteiger partial charge in [0, 0.05) is 5.56 Å². The van der Waals surface area contributed by atoms with Crippen molar-refractivity contribution in [2.75, 3.05) is 0 Å². The third-order valence-corrected chi connectivity index (χ3v) is 5.26. The predicted octanol–water partition coefficient (Wildman–Crippen LogP) is 1.97. The maximum Gasteiger partial charge on any atom is 0.310 e. The molecule has 124 valence electrons. The van der Waals surface area contributed by atoms with Crippen molar-refractivity contribution >= 4 is 17.8 Å². The first-order valence-corrected chi connectivity index (χ1v) is 7.59. The molecule has 0 bridgehead atoms. The van der Waals surface area contributed by atoms with Crippen LogP contribution in [0.25, 0.3) is 0 Å². The zero-order valence-electron chi connectivity index (χ0n) is 13.6. The normalized spacial score (nSPS) is 25.6. The fourth-order valence-electron chi connectivity index (χ4n) is 3.22. The molecule has 6 nitrogen and oxygen atoms in total. The van der Waals surface area contributed by atoms with Crippen molar-refractivity contribution in [1.29, 1.82) is 0 Å². The molecule has 0 spiro atoms. The number of carbonyl (C=O) groups excluding carboxylic acids is 2. The van der Waals surface area contributed by atoms with E-state index in [2.05, 4.69) is 10.9 Å². The van der Waals surface area contributed by atoms with Crippen molar-refractivity contribution in [3.63, 3.8) is 0 Å². The summed E-state index contributed by atoms with van der Waals surface area (Å²) in [5, 5.41) is 9.62. The summed E-state index contributed by atoms with van der Waals surface area (Å²) in [6.45, 7) is 5.32. The molecule has 0 heterocycles. The van der Waals surface area contributed by atoms with E-state index in [9.17, 15) is 19.5 Å². The number of carbonyl (C=O) groups is 3. The molecule has 1 aliphatic carbocycles. The Hall–Kier alpha value is -2.37. The van der Waals surface area contributed by atoms with Crippen LogP contribution < -0.4 is 10.9 Å². The average Bonchev–Trinajstić information content (AvgIpc) is 2.77. The number of rotatable bonds is 3. The van der Waals surface area contributed by atoms with Gasteiger partial charge in [-0.25, -0.2) is 0 Å². The SMILES string of the molecule is CC1(C)CC[C@H](C(=O)NNC(=O)c2ccccc2)[C@@]1(C)C(=O)O. The number of amides is 2. The molecule has 23 heavy (non-hydrogen) atoms. The van der Waals surface area contributed by atoms with Crippen LogP contribution in [-0.2, 0) is 9.59 Å². The molecule has 0 aromatic heterocycles. The van der Waals surface area contributed by atoms with Crippen LogP contribution >= 0.6 is 0 Å². The second-order valence-corrected chi connectivity index (χ2v) is 6.79. The molecular formula is C17H22N2O4. The standard InChI is InChI=1S/C17H22N2O4/c1-16(2)10-9-12(17(16,3)15(22)23)14(21)19-18-13(20)11-7-5-4-6-8-11/h4-8,12H,9-10H2,1-3H3,(H,18,20)(H,19,21)(H,22,23)/t12-,17+/m1/s1. The van der Waals surface area contributed by atoms with E-state index in [0.29, 0.717) is 18.4 Å². The van der Waals surface area contributed by atoms with Crippen LogP contribution in [0.3, 0.4) is 0 Å². The summed E-state index contributed by atoms with van der Waals surface area (Å²) < 4.78 is 0. The fraction of sp³-hybridized carbons (Fsp3) is 0.471. The van der Waals surface area contributed by atoms with E-state index >= 15 is 0 Å². The average molecular weight is 318 g/mol. The maximum absolute atomic E-state index is 12.4. The first-order valence-electron chi connectivity index (χ1n) is 7.59. The Labute approximate surface area is 135 Å². The molecule has 2 atom stereocenters. The third-order valence-electron chi connectivity index (χ3n) is 5.26. The van der Waals surface area contributed by atoms with Gasteiger partial charge in [-0.1, -0.05) is 32.0 Å². The first kappa shape index (κ1) is 17.0. The van der Waals surface area contributed by atoms with Crippen LogP contribution in [0.2, 0.25) is 0 Å². The highest BCUT2D eigenvalue weighted by atomic mass is 16.4. The molecule has 0 aliphatic heterocycles. The zero-order chi connectivity index (χ0) is 17.3. The lowest BCUT2D eigenvalue weighted by Crippen LogP contribution is -2.51. The molecule has 1 saturated carbocycles. The number of aliphatic carboxylic acids is 1. The van der Waals surface area contributed by atoms with Crippen molar-refractivity contribution < 1.29 is 19.5 Å². The van der Waals surface area contributed by atoms with Crippen molar-refractivity contribution in [3.8, 4) is 0 Å². The lowest BCUT2D eigenvalue weighted by Gasteiger charge is -2.37. The number of hydrazine groups is 1. The van der Waals surface area contributed by atoms with Crippen LogP contribution in [0.5, 0.6) is 0 Å². The fourth-order valence-corrected chi connectivity index (χ4v) is 3.22. The number of carboxylic acid groups (broad SMARTS) is 1. The highest BCUT2D eigenvalue weighted by Crippen LogP contribution is 2.56. The van der Waals surface area contributed by atoms with Crippen LogP contribution in [0.15, 0.2) is 30.3 Å². The number of nitrogens with one attached hydrogen (secondary N) is 2. The third kappa shape index (κ3) is 2.93. The molecule has 2 rings (SSSR count). The molecule has 0 unspecified atom stereocenters. The van der Waals surface area contributed by atoms with E-state index in [0.717, 1.165) is 0 Å². The van der Waals surface area contributed by atoms with Crippen LogP contribution in [0.4, 0.5) is 0 Å². The molecule has 0 saturated heterocycles. The molecule has 1 aliphatic rings. The van der Waals surface area contributed by atoms with Crippen molar-refractivity contribution in [3.05, 3.63) is 35.9 Å². The second kappa shape index (κ2) is 6.02. The number of hydrogen-bond acceptors (Lipinski definition) is 3.